The first-order valence-corrected chi connectivity index (χ1v) is 7.34. The Morgan fingerprint density at radius 2 is 2.33 bits per heavy atom. The van der Waals surface area contributed by atoms with E-state index in [4.69, 9.17) is 4.74 Å². The number of ether oxygens (including phenoxy) is 1. The molecular formula is C12H13BrN2O2S. The molecule has 0 saturated carbocycles. The van der Waals surface area contributed by atoms with Crippen LogP contribution < -0.4 is 5.32 Å². The molecule has 1 N–H and O–H groups in total. The second-order valence-corrected chi connectivity index (χ2v) is 6.04. The molecule has 1 aliphatic heterocycles. The van der Waals surface area contributed by atoms with Crippen LogP contribution in [0.15, 0.2) is 15.9 Å². The first-order chi connectivity index (χ1) is 8.68. The number of halogens is 1. The van der Waals surface area contributed by atoms with Crippen molar-refractivity contribution in [3.63, 3.8) is 0 Å². The number of hydrogen-bond acceptors (Lipinski definition) is 4. The van der Waals surface area contributed by atoms with E-state index in [0.717, 1.165) is 9.35 Å². The molecule has 0 spiro atoms. The lowest BCUT2D eigenvalue weighted by Gasteiger charge is -2.29. The van der Waals surface area contributed by atoms with Gasteiger partial charge in [-0.15, -0.1) is 11.3 Å². The quantitative estimate of drug-likeness (QED) is 0.926. The summed E-state index contributed by atoms with van der Waals surface area (Å²) in [5.41, 5.74) is -0.915. The highest BCUT2D eigenvalue weighted by Crippen LogP contribution is 2.30. The molecule has 4 nitrogen and oxygen atoms in total. The maximum absolute atomic E-state index is 12.2. The number of hydrogen-bond donors (Lipinski definition) is 1. The molecule has 2 rings (SSSR count). The van der Waals surface area contributed by atoms with E-state index in [1.165, 1.54) is 0 Å². The summed E-state index contributed by atoms with van der Waals surface area (Å²) in [6, 6.07) is 4.11. The van der Waals surface area contributed by atoms with Gasteiger partial charge in [0.05, 0.1) is 12.6 Å². The standard InChI is InChI=1S/C12H13BrN2O2S/c13-9-1-6-18-10(9)7-15-11(16)12(8-14)2-4-17-5-3-12/h1,6H,2-5,7H2,(H,15,16). The third-order valence-electron chi connectivity index (χ3n) is 3.10. The second-order valence-electron chi connectivity index (χ2n) is 4.18. The number of amides is 1. The van der Waals surface area contributed by atoms with E-state index in [2.05, 4.69) is 27.3 Å². The predicted molar refractivity (Wildman–Crippen MR) is 72.0 cm³/mol. The molecule has 1 saturated heterocycles. The molecule has 0 aliphatic carbocycles. The lowest BCUT2D eigenvalue weighted by Crippen LogP contribution is -2.43. The molecule has 0 atom stereocenters. The smallest absolute Gasteiger partial charge is 0.240 e. The fourth-order valence-electron chi connectivity index (χ4n) is 1.89. The minimum atomic E-state index is -0.915. The van der Waals surface area contributed by atoms with Crippen LogP contribution in [0, 0.1) is 16.7 Å². The van der Waals surface area contributed by atoms with Gasteiger partial charge in [-0.25, -0.2) is 0 Å². The number of carbonyl (C=O) groups excluding carboxylic acids is 1. The monoisotopic (exact) mass is 328 g/mol. The summed E-state index contributed by atoms with van der Waals surface area (Å²) in [4.78, 5) is 13.2. The van der Waals surface area contributed by atoms with Crippen LogP contribution in [0.5, 0.6) is 0 Å². The Balaban J connectivity index is 1.99. The van der Waals surface area contributed by atoms with Gasteiger partial charge >= 0.3 is 0 Å². The summed E-state index contributed by atoms with van der Waals surface area (Å²) >= 11 is 4.99. The zero-order valence-corrected chi connectivity index (χ0v) is 12.1. The fourth-order valence-corrected chi connectivity index (χ4v) is 3.32. The van der Waals surface area contributed by atoms with Crippen molar-refractivity contribution in [2.45, 2.75) is 19.4 Å². The summed E-state index contributed by atoms with van der Waals surface area (Å²) in [5.74, 6) is -0.186. The molecule has 0 radical (unpaired) electrons. The van der Waals surface area contributed by atoms with Crippen molar-refractivity contribution in [2.24, 2.45) is 5.41 Å². The SMILES string of the molecule is N#CC1(C(=O)NCc2sccc2Br)CCOCC1. The molecule has 1 aromatic rings. The summed E-state index contributed by atoms with van der Waals surface area (Å²) < 4.78 is 6.20. The molecule has 0 aromatic carbocycles. The van der Waals surface area contributed by atoms with Crippen molar-refractivity contribution >= 4 is 33.2 Å². The summed E-state index contributed by atoms with van der Waals surface area (Å²) in [7, 11) is 0. The third-order valence-corrected chi connectivity index (χ3v) is 5.02. The number of thiophene rings is 1. The molecule has 1 aromatic heterocycles. The van der Waals surface area contributed by atoms with Gasteiger partial charge in [0.1, 0.15) is 5.41 Å². The summed E-state index contributed by atoms with van der Waals surface area (Å²) in [6.45, 7) is 1.41. The Morgan fingerprint density at radius 3 is 2.89 bits per heavy atom. The third kappa shape index (κ3) is 2.74. The van der Waals surface area contributed by atoms with Gasteiger partial charge in [-0.2, -0.15) is 5.26 Å². The summed E-state index contributed by atoms with van der Waals surface area (Å²) in [6.07, 6.45) is 0.946. The molecular weight excluding hydrogens is 316 g/mol. The average molecular weight is 329 g/mol. The van der Waals surface area contributed by atoms with Gasteiger partial charge in [0, 0.05) is 22.6 Å². The lowest BCUT2D eigenvalue weighted by atomic mass is 9.81. The van der Waals surface area contributed by atoms with Crippen LogP contribution in [-0.4, -0.2) is 19.1 Å². The molecule has 0 bridgehead atoms. The van der Waals surface area contributed by atoms with Crippen molar-refractivity contribution < 1.29 is 9.53 Å². The van der Waals surface area contributed by atoms with E-state index in [-0.39, 0.29) is 5.91 Å². The topological polar surface area (TPSA) is 62.1 Å². The van der Waals surface area contributed by atoms with Gasteiger partial charge in [-0.3, -0.25) is 4.79 Å². The van der Waals surface area contributed by atoms with Crippen LogP contribution in [0.1, 0.15) is 17.7 Å². The Labute approximate surface area is 118 Å². The van der Waals surface area contributed by atoms with Gasteiger partial charge < -0.3 is 10.1 Å². The van der Waals surface area contributed by atoms with Gasteiger partial charge in [0.15, 0.2) is 0 Å². The molecule has 1 amide bonds. The van der Waals surface area contributed by atoms with Crippen molar-refractivity contribution in [1.82, 2.24) is 5.32 Å². The lowest BCUT2D eigenvalue weighted by molar-refractivity contribution is -0.132. The van der Waals surface area contributed by atoms with E-state index >= 15 is 0 Å². The zero-order valence-electron chi connectivity index (χ0n) is 9.74. The Morgan fingerprint density at radius 1 is 1.61 bits per heavy atom. The van der Waals surface area contributed by atoms with Crippen LogP contribution in [-0.2, 0) is 16.1 Å². The number of nitrogens with zero attached hydrogens (tertiary/aromatic N) is 1. The number of nitriles is 1. The summed E-state index contributed by atoms with van der Waals surface area (Å²) in [5, 5.41) is 14.1. The molecule has 6 heteroatoms. The van der Waals surface area contributed by atoms with Crippen molar-refractivity contribution in [1.29, 1.82) is 5.26 Å². The van der Waals surface area contributed by atoms with E-state index in [0.29, 0.717) is 32.6 Å². The largest absolute Gasteiger partial charge is 0.381 e. The minimum Gasteiger partial charge on any atom is -0.381 e. The number of rotatable bonds is 3. The highest BCUT2D eigenvalue weighted by molar-refractivity contribution is 9.10. The molecule has 96 valence electrons. The molecule has 1 aliphatic rings. The second kappa shape index (κ2) is 5.83. The molecule has 0 unspecified atom stereocenters. The van der Waals surface area contributed by atoms with Gasteiger partial charge in [-0.1, -0.05) is 0 Å². The van der Waals surface area contributed by atoms with Crippen molar-refractivity contribution in [3.05, 3.63) is 20.8 Å². The van der Waals surface area contributed by atoms with Crippen LogP contribution >= 0.6 is 27.3 Å². The predicted octanol–water partition coefficient (Wildman–Crippen LogP) is 2.45. The van der Waals surface area contributed by atoms with Gasteiger partial charge in [-0.05, 0) is 40.2 Å². The van der Waals surface area contributed by atoms with Crippen molar-refractivity contribution in [3.8, 4) is 6.07 Å². The van der Waals surface area contributed by atoms with Crippen molar-refractivity contribution in [2.75, 3.05) is 13.2 Å². The molecule has 18 heavy (non-hydrogen) atoms. The van der Waals surface area contributed by atoms with E-state index in [9.17, 15) is 10.1 Å². The van der Waals surface area contributed by atoms with E-state index in [1.54, 1.807) is 11.3 Å². The average Bonchev–Trinajstić information content (AvgIpc) is 2.82. The molecule has 2 heterocycles. The van der Waals surface area contributed by atoms with Crippen LogP contribution in [0.25, 0.3) is 0 Å². The first-order valence-electron chi connectivity index (χ1n) is 5.67. The highest BCUT2D eigenvalue weighted by atomic mass is 79.9. The molecule has 1 fully saturated rings. The number of nitrogens with one attached hydrogen (secondary N) is 1. The highest BCUT2D eigenvalue weighted by Gasteiger charge is 2.40. The normalized spacial score (nSPS) is 18.0. The Hall–Kier alpha value is -0.900. The van der Waals surface area contributed by atoms with Crippen LogP contribution in [0.2, 0.25) is 0 Å². The van der Waals surface area contributed by atoms with Gasteiger partial charge in [0.25, 0.3) is 0 Å². The minimum absolute atomic E-state index is 0.186. The van der Waals surface area contributed by atoms with Gasteiger partial charge in [0.2, 0.25) is 5.91 Å². The zero-order chi connectivity index (χ0) is 13.0. The Bertz CT molecular complexity index is 475. The first kappa shape index (κ1) is 13.5. The maximum atomic E-state index is 12.2. The Kier molecular flexibility index (Phi) is 4.38. The van der Waals surface area contributed by atoms with E-state index in [1.807, 2.05) is 11.4 Å². The fraction of sp³-hybridized carbons (Fsp3) is 0.500. The maximum Gasteiger partial charge on any atom is 0.240 e. The van der Waals surface area contributed by atoms with Crippen LogP contribution in [0.3, 0.4) is 0 Å². The van der Waals surface area contributed by atoms with E-state index < -0.39 is 5.41 Å². The van der Waals surface area contributed by atoms with Crippen LogP contribution in [0.4, 0.5) is 0 Å². The number of carbonyl (C=O) groups is 1.